The normalized spacial score (nSPS) is 10.9. The van der Waals surface area contributed by atoms with Crippen LogP contribution in [0.15, 0.2) is 60.8 Å². The monoisotopic (exact) mass is 444 g/mol. The molecule has 33 heavy (non-hydrogen) atoms. The summed E-state index contributed by atoms with van der Waals surface area (Å²) >= 11 is 0. The topological polar surface area (TPSA) is 109 Å². The lowest BCUT2D eigenvalue weighted by Crippen LogP contribution is -2.13. The van der Waals surface area contributed by atoms with E-state index in [0.29, 0.717) is 17.1 Å². The Bertz CT molecular complexity index is 1300. The van der Waals surface area contributed by atoms with E-state index in [9.17, 15) is 9.18 Å². The average Bonchev–Trinajstić information content (AvgIpc) is 3.19. The molecule has 0 radical (unpaired) electrons. The fourth-order valence-electron chi connectivity index (χ4n) is 3.49. The zero-order valence-electron chi connectivity index (χ0n) is 18.6. The molecular formula is C25H25FN6O. The first-order valence-electron chi connectivity index (χ1n) is 10.6. The predicted octanol–water partition coefficient (Wildman–Crippen LogP) is 5.62. The summed E-state index contributed by atoms with van der Waals surface area (Å²) in [6.45, 7) is 6.16. The largest absolute Gasteiger partial charge is 0.397 e. The van der Waals surface area contributed by atoms with Gasteiger partial charge in [0.2, 0.25) is 0 Å². The van der Waals surface area contributed by atoms with Gasteiger partial charge in [0.05, 0.1) is 22.8 Å². The van der Waals surface area contributed by atoms with Crippen LogP contribution < -0.4 is 16.4 Å². The lowest BCUT2D eigenvalue weighted by atomic mass is 10.0. The lowest BCUT2D eigenvalue weighted by molar-refractivity contribution is 0.102. The number of nitrogens with zero attached hydrogens (tertiary/aromatic N) is 2. The molecule has 8 heteroatoms. The fourth-order valence-corrected chi connectivity index (χ4v) is 3.49. The van der Waals surface area contributed by atoms with E-state index in [-0.39, 0.29) is 17.5 Å². The van der Waals surface area contributed by atoms with E-state index in [4.69, 9.17) is 5.73 Å². The molecule has 0 saturated heterocycles. The molecule has 0 bridgehead atoms. The summed E-state index contributed by atoms with van der Waals surface area (Å²) in [7, 11) is 0. The van der Waals surface area contributed by atoms with Crippen LogP contribution in [0.25, 0.3) is 11.3 Å². The van der Waals surface area contributed by atoms with Gasteiger partial charge in [0, 0.05) is 23.0 Å². The van der Waals surface area contributed by atoms with Gasteiger partial charge in [0.25, 0.3) is 5.91 Å². The summed E-state index contributed by atoms with van der Waals surface area (Å²) in [6.07, 6.45) is 1.74. The van der Waals surface area contributed by atoms with E-state index in [0.717, 1.165) is 28.5 Å². The van der Waals surface area contributed by atoms with Crippen LogP contribution in [0, 0.1) is 12.7 Å². The van der Waals surface area contributed by atoms with Crippen molar-refractivity contribution in [1.82, 2.24) is 15.0 Å². The number of aromatic amines is 1. The fraction of sp³-hybridized carbons (Fsp3) is 0.160. The highest BCUT2D eigenvalue weighted by molar-refractivity contribution is 6.05. The van der Waals surface area contributed by atoms with Gasteiger partial charge in [-0.05, 0) is 67.4 Å². The van der Waals surface area contributed by atoms with E-state index in [1.165, 1.54) is 18.2 Å². The van der Waals surface area contributed by atoms with Crippen molar-refractivity contribution in [3.05, 3.63) is 83.7 Å². The number of halogens is 1. The highest BCUT2D eigenvalue weighted by atomic mass is 19.1. The number of nitrogens with one attached hydrogen (secondary N) is 3. The molecule has 0 aliphatic heterocycles. The average molecular weight is 445 g/mol. The first kappa shape index (κ1) is 22.0. The molecule has 1 amide bonds. The Morgan fingerprint density at radius 3 is 2.58 bits per heavy atom. The summed E-state index contributed by atoms with van der Waals surface area (Å²) in [5.41, 5.74) is 10.5. The van der Waals surface area contributed by atoms with Crippen molar-refractivity contribution < 1.29 is 9.18 Å². The summed E-state index contributed by atoms with van der Waals surface area (Å²) in [5.74, 6) is 0.971. The number of aryl methyl sites for hydroxylation is 1. The molecule has 2 aromatic carbocycles. The van der Waals surface area contributed by atoms with Crippen LogP contribution in [0.1, 0.15) is 41.6 Å². The van der Waals surface area contributed by atoms with Gasteiger partial charge in [0.1, 0.15) is 17.5 Å². The van der Waals surface area contributed by atoms with E-state index < -0.39 is 5.82 Å². The van der Waals surface area contributed by atoms with Crippen molar-refractivity contribution in [3.63, 3.8) is 0 Å². The molecule has 7 nitrogen and oxygen atoms in total. The molecule has 0 unspecified atom stereocenters. The highest BCUT2D eigenvalue weighted by Crippen LogP contribution is 2.29. The van der Waals surface area contributed by atoms with Gasteiger partial charge < -0.3 is 21.4 Å². The second-order valence-corrected chi connectivity index (χ2v) is 8.05. The zero-order valence-corrected chi connectivity index (χ0v) is 18.6. The van der Waals surface area contributed by atoms with Crippen LogP contribution in [-0.2, 0) is 0 Å². The molecule has 168 valence electrons. The standard InChI is InChI=1S/C25H25FN6O/c1-14(2)23-24(30-15(3)29-23)17-10-11-28-22(12-17)31-19-7-4-16(5-8-19)25(33)32-21-13-18(26)6-9-20(21)27/h4-14H,27H2,1-3H3,(H,28,31)(H,29,30)(H,32,33). The second kappa shape index (κ2) is 9.12. The SMILES string of the molecule is Cc1nc(C(C)C)c(-c2ccnc(Nc3ccc(C(=O)Nc4cc(F)ccc4N)cc3)c2)[nH]1. The first-order valence-corrected chi connectivity index (χ1v) is 10.6. The molecule has 0 atom stereocenters. The maximum atomic E-state index is 13.4. The van der Waals surface area contributed by atoms with Crippen LogP contribution in [-0.4, -0.2) is 20.9 Å². The zero-order chi connectivity index (χ0) is 23.5. The minimum absolute atomic E-state index is 0.234. The summed E-state index contributed by atoms with van der Waals surface area (Å²) < 4.78 is 13.4. The number of pyridine rings is 1. The first-order chi connectivity index (χ1) is 15.8. The van der Waals surface area contributed by atoms with Crippen LogP contribution in [0.2, 0.25) is 0 Å². The summed E-state index contributed by atoms with van der Waals surface area (Å²) in [4.78, 5) is 24.8. The Hall–Kier alpha value is -4.20. The lowest BCUT2D eigenvalue weighted by Gasteiger charge is -2.11. The molecule has 0 fully saturated rings. The van der Waals surface area contributed by atoms with Gasteiger partial charge >= 0.3 is 0 Å². The predicted molar refractivity (Wildman–Crippen MR) is 129 cm³/mol. The Balaban J connectivity index is 1.49. The van der Waals surface area contributed by atoms with Crippen LogP contribution >= 0.6 is 0 Å². The summed E-state index contributed by atoms with van der Waals surface area (Å²) in [6, 6.07) is 14.6. The Morgan fingerprint density at radius 2 is 1.85 bits per heavy atom. The third-order valence-electron chi connectivity index (χ3n) is 5.13. The quantitative estimate of drug-likeness (QED) is 0.289. The van der Waals surface area contributed by atoms with E-state index in [1.807, 2.05) is 19.1 Å². The molecule has 0 aliphatic rings. The van der Waals surface area contributed by atoms with Crippen LogP contribution in [0.5, 0.6) is 0 Å². The van der Waals surface area contributed by atoms with Crippen molar-refractivity contribution in [1.29, 1.82) is 0 Å². The number of hydrogen-bond donors (Lipinski definition) is 4. The number of aromatic nitrogens is 3. The van der Waals surface area contributed by atoms with Crippen molar-refractivity contribution >= 4 is 28.8 Å². The second-order valence-electron chi connectivity index (χ2n) is 8.05. The van der Waals surface area contributed by atoms with E-state index in [2.05, 4.69) is 39.4 Å². The maximum absolute atomic E-state index is 13.4. The molecule has 0 spiro atoms. The van der Waals surface area contributed by atoms with Gasteiger partial charge in [-0.2, -0.15) is 0 Å². The number of amides is 1. The van der Waals surface area contributed by atoms with Gasteiger partial charge in [-0.3, -0.25) is 4.79 Å². The molecule has 0 aliphatic carbocycles. The number of anilines is 4. The number of nitrogen functional groups attached to an aromatic ring is 1. The van der Waals surface area contributed by atoms with Gasteiger partial charge in [-0.15, -0.1) is 0 Å². The third kappa shape index (κ3) is 5.01. The van der Waals surface area contributed by atoms with Crippen molar-refractivity contribution in [2.45, 2.75) is 26.7 Å². The number of imidazole rings is 1. The number of benzene rings is 2. The molecule has 2 aromatic heterocycles. The third-order valence-corrected chi connectivity index (χ3v) is 5.13. The Labute approximate surface area is 191 Å². The Kier molecular flexibility index (Phi) is 6.08. The van der Waals surface area contributed by atoms with Crippen molar-refractivity contribution in [2.75, 3.05) is 16.4 Å². The van der Waals surface area contributed by atoms with Gasteiger partial charge in [-0.1, -0.05) is 13.8 Å². The number of nitrogens with two attached hydrogens (primary N) is 1. The number of hydrogen-bond acceptors (Lipinski definition) is 5. The smallest absolute Gasteiger partial charge is 0.255 e. The molecule has 4 aromatic rings. The number of carbonyl (C=O) groups is 1. The molecule has 4 rings (SSSR count). The number of H-pyrrole nitrogens is 1. The Morgan fingerprint density at radius 1 is 1.09 bits per heavy atom. The molecule has 5 N–H and O–H groups in total. The number of rotatable bonds is 6. The van der Waals surface area contributed by atoms with Crippen LogP contribution in [0.4, 0.5) is 27.3 Å². The highest BCUT2D eigenvalue weighted by Gasteiger charge is 2.14. The maximum Gasteiger partial charge on any atom is 0.255 e. The van der Waals surface area contributed by atoms with Gasteiger partial charge in [-0.25, -0.2) is 14.4 Å². The van der Waals surface area contributed by atoms with E-state index in [1.54, 1.807) is 30.5 Å². The minimum Gasteiger partial charge on any atom is -0.397 e. The van der Waals surface area contributed by atoms with E-state index >= 15 is 0 Å². The van der Waals surface area contributed by atoms with Gasteiger partial charge in [0.15, 0.2) is 0 Å². The molecule has 0 saturated carbocycles. The van der Waals surface area contributed by atoms with Crippen molar-refractivity contribution in [2.24, 2.45) is 0 Å². The molecule has 2 heterocycles. The summed E-state index contributed by atoms with van der Waals surface area (Å²) in [5, 5.41) is 5.89. The van der Waals surface area contributed by atoms with Crippen molar-refractivity contribution in [3.8, 4) is 11.3 Å². The molecular weight excluding hydrogens is 419 g/mol. The van der Waals surface area contributed by atoms with Crippen LogP contribution in [0.3, 0.4) is 0 Å². The minimum atomic E-state index is -0.473. The number of carbonyl (C=O) groups excluding carboxylic acids is 1.